The van der Waals surface area contributed by atoms with E-state index >= 15 is 0 Å². The molecule has 2 unspecified atom stereocenters. The first kappa shape index (κ1) is 13.5. The monoisotopic (exact) mass is 303 g/mol. The number of nitrogens with zero attached hydrogens (tertiary/aromatic N) is 3. The van der Waals surface area contributed by atoms with Crippen LogP contribution in [0.5, 0.6) is 5.88 Å². The molecular formula is C17H13N5O. The summed E-state index contributed by atoms with van der Waals surface area (Å²) in [5.41, 5.74) is 3.51. The molecule has 1 aliphatic rings. The van der Waals surface area contributed by atoms with Crippen molar-refractivity contribution in [3.8, 4) is 11.9 Å². The van der Waals surface area contributed by atoms with Gasteiger partial charge in [0.2, 0.25) is 11.8 Å². The summed E-state index contributed by atoms with van der Waals surface area (Å²) in [5.74, 6) is -0.685. The molecule has 2 N–H and O–H groups in total. The Hall–Kier alpha value is -3.20. The standard InChI is InChI=1S/C17H13N5O/c1-9-14-15(12(8-18)16(19)23-17(14)22-21-9)11-6-7-20-13-5-3-2-4-10(11)13/h2-7,12,15,19H,1H3,(H,21,22). The Morgan fingerprint density at radius 2 is 2.13 bits per heavy atom. The SMILES string of the molecule is Cc1[nH]nc2c1C(c1ccnc3ccccc13)C(C#N)C(=N)O2. The number of pyridine rings is 1. The van der Waals surface area contributed by atoms with E-state index in [2.05, 4.69) is 21.3 Å². The van der Waals surface area contributed by atoms with Crippen LogP contribution in [0.1, 0.15) is 22.7 Å². The van der Waals surface area contributed by atoms with Gasteiger partial charge in [0.1, 0.15) is 5.92 Å². The first-order valence-corrected chi connectivity index (χ1v) is 7.25. The molecule has 1 aromatic carbocycles. The lowest BCUT2D eigenvalue weighted by molar-refractivity contribution is 0.437. The van der Waals surface area contributed by atoms with Crippen molar-refractivity contribution in [2.45, 2.75) is 12.8 Å². The summed E-state index contributed by atoms with van der Waals surface area (Å²) in [7, 11) is 0. The van der Waals surface area contributed by atoms with Crippen LogP contribution in [-0.4, -0.2) is 21.1 Å². The third-order valence-electron chi connectivity index (χ3n) is 4.25. The van der Waals surface area contributed by atoms with Gasteiger partial charge in [-0.15, -0.1) is 5.10 Å². The second-order valence-electron chi connectivity index (χ2n) is 5.54. The van der Waals surface area contributed by atoms with Crippen molar-refractivity contribution in [1.29, 1.82) is 10.7 Å². The van der Waals surface area contributed by atoms with Crippen molar-refractivity contribution in [3.05, 3.63) is 53.3 Å². The van der Waals surface area contributed by atoms with E-state index in [9.17, 15) is 5.26 Å². The molecule has 23 heavy (non-hydrogen) atoms. The topological polar surface area (TPSA) is 98.4 Å². The summed E-state index contributed by atoms with van der Waals surface area (Å²) in [6, 6.07) is 11.9. The van der Waals surface area contributed by atoms with E-state index in [0.717, 1.165) is 27.7 Å². The van der Waals surface area contributed by atoms with Gasteiger partial charge < -0.3 is 4.74 Å². The molecule has 0 spiro atoms. The Balaban J connectivity index is 2.03. The van der Waals surface area contributed by atoms with Gasteiger partial charge in [0.15, 0.2) is 0 Å². The molecule has 6 heteroatoms. The van der Waals surface area contributed by atoms with E-state index in [4.69, 9.17) is 10.1 Å². The minimum atomic E-state index is -0.690. The van der Waals surface area contributed by atoms with Gasteiger partial charge in [-0.05, 0) is 24.6 Å². The number of nitrogens with one attached hydrogen (secondary N) is 2. The maximum atomic E-state index is 9.60. The normalized spacial score (nSPS) is 19.9. The molecule has 3 heterocycles. The van der Waals surface area contributed by atoms with Crippen LogP contribution in [0.15, 0.2) is 36.5 Å². The second kappa shape index (κ2) is 4.92. The van der Waals surface area contributed by atoms with E-state index < -0.39 is 5.92 Å². The Bertz CT molecular complexity index is 963. The summed E-state index contributed by atoms with van der Waals surface area (Å²) >= 11 is 0. The number of benzene rings is 1. The highest BCUT2D eigenvalue weighted by Gasteiger charge is 2.40. The fourth-order valence-electron chi connectivity index (χ4n) is 3.20. The molecule has 3 aromatic rings. The molecule has 0 bridgehead atoms. The lowest BCUT2D eigenvalue weighted by Gasteiger charge is -2.28. The van der Waals surface area contributed by atoms with Crippen LogP contribution in [0.2, 0.25) is 0 Å². The lowest BCUT2D eigenvalue weighted by Crippen LogP contribution is -2.31. The number of hydrogen-bond acceptors (Lipinski definition) is 5. The van der Waals surface area contributed by atoms with E-state index in [1.807, 2.05) is 37.3 Å². The van der Waals surface area contributed by atoms with Crippen LogP contribution in [-0.2, 0) is 0 Å². The quantitative estimate of drug-likeness (QED) is 0.722. The Morgan fingerprint density at radius 1 is 1.30 bits per heavy atom. The molecule has 0 aliphatic carbocycles. The Kier molecular flexibility index (Phi) is 2.88. The molecule has 4 rings (SSSR count). The van der Waals surface area contributed by atoms with Crippen LogP contribution in [0, 0.1) is 29.6 Å². The number of fused-ring (bicyclic) bond motifs is 2. The fraction of sp³-hybridized carbons (Fsp3) is 0.176. The van der Waals surface area contributed by atoms with E-state index in [1.54, 1.807) is 6.20 Å². The van der Waals surface area contributed by atoms with Gasteiger partial charge >= 0.3 is 0 Å². The smallest absolute Gasteiger partial charge is 0.243 e. The summed E-state index contributed by atoms with van der Waals surface area (Å²) in [6.45, 7) is 1.90. The third-order valence-corrected chi connectivity index (χ3v) is 4.25. The molecule has 112 valence electrons. The number of hydrogen-bond donors (Lipinski definition) is 2. The highest BCUT2D eigenvalue weighted by Crippen LogP contribution is 2.44. The van der Waals surface area contributed by atoms with Gasteiger partial charge in [-0.1, -0.05) is 18.2 Å². The molecule has 2 atom stereocenters. The summed E-state index contributed by atoms with van der Waals surface area (Å²) in [5, 5.41) is 25.6. The Morgan fingerprint density at radius 3 is 2.96 bits per heavy atom. The van der Waals surface area contributed by atoms with Crippen molar-refractivity contribution in [2.24, 2.45) is 5.92 Å². The average molecular weight is 303 g/mol. The lowest BCUT2D eigenvalue weighted by atomic mass is 9.78. The molecule has 0 saturated carbocycles. The second-order valence-corrected chi connectivity index (χ2v) is 5.54. The number of rotatable bonds is 1. The average Bonchev–Trinajstić information content (AvgIpc) is 2.94. The number of ether oxygens (including phenoxy) is 1. The van der Waals surface area contributed by atoms with Gasteiger partial charge in [-0.3, -0.25) is 15.5 Å². The van der Waals surface area contributed by atoms with Crippen LogP contribution in [0.3, 0.4) is 0 Å². The highest BCUT2D eigenvalue weighted by molar-refractivity contribution is 5.88. The number of H-pyrrole nitrogens is 1. The largest absolute Gasteiger partial charge is 0.422 e. The van der Waals surface area contributed by atoms with Gasteiger partial charge in [-0.25, -0.2) is 0 Å². The molecule has 1 aliphatic heterocycles. The molecule has 0 amide bonds. The first-order valence-electron chi connectivity index (χ1n) is 7.25. The number of aryl methyl sites for hydroxylation is 1. The van der Waals surface area contributed by atoms with E-state index in [-0.39, 0.29) is 11.8 Å². The zero-order chi connectivity index (χ0) is 16.0. The number of aromatic nitrogens is 3. The van der Waals surface area contributed by atoms with Gasteiger partial charge in [0, 0.05) is 28.8 Å². The van der Waals surface area contributed by atoms with Crippen molar-refractivity contribution in [1.82, 2.24) is 15.2 Å². The predicted octanol–water partition coefficient (Wildman–Crippen LogP) is 2.91. The fourth-order valence-corrected chi connectivity index (χ4v) is 3.20. The predicted molar refractivity (Wildman–Crippen MR) is 84.4 cm³/mol. The third kappa shape index (κ3) is 1.90. The van der Waals surface area contributed by atoms with Crippen molar-refractivity contribution in [3.63, 3.8) is 0 Å². The van der Waals surface area contributed by atoms with E-state index in [0.29, 0.717) is 5.88 Å². The zero-order valence-corrected chi connectivity index (χ0v) is 12.4. The molecule has 0 saturated heterocycles. The van der Waals surface area contributed by atoms with Crippen molar-refractivity contribution < 1.29 is 4.74 Å². The van der Waals surface area contributed by atoms with Crippen LogP contribution in [0.4, 0.5) is 0 Å². The van der Waals surface area contributed by atoms with Gasteiger partial charge in [0.05, 0.1) is 11.6 Å². The highest BCUT2D eigenvalue weighted by atomic mass is 16.5. The van der Waals surface area contributed by atoms with Crippen LogP contribution >= 0.6 is 0 Å². The Labute approximate surface area is 132 Å². The minimum Gasteiger partial charge on any atom is -0.422 e. The molecule has 0 fully saturated rings. The summed E-state index contributed by atoms with van der Waals surface area (Å²) in [6.07, 6.45) is 1.74. The zero-order valence-electron chi connectivity index (χ0n) is 12.4. The molecule has 2 aromatic heterocycles. The van der Waals surface area contributed by atoms with Crippen LogP contribution < -0.4 is 4.74 Å². The first-order chi connectivity index (χ1) is 11.2. The maximum absolute atomic E-state index is 9.60. The van der Waals surface area contributed by atoms with Gasteiger partial charge in [-0.2, -0.15) is 5.26 Å². The van der Waals surface area contributed by atoms with E-state index in [1.165, 1.54) is 0 Å². The van der Waals surface area contributed by atoms with Crippen molar-refractivity contribution >= 4 is 16.8 Å². The number of nitriles is 1. The minimum absolute atomic E-state index is 0.0719. The molecule has 0 radical (unpaired) electrons. The summed E-state index contributed by atoms with van der Waals surface area (Å²) < 4.78 is 5.42. The molecule has 6 nitrogen and oxygen atoms in total. The maximum Gasteiger partial charge on any atom is 0.243 e. The number of para-hydroxylation sites is 1. The van der Waals surface area contributed by atoms with Gasteiger partial charge in [0.25, 0.3) is 0 Å². The molecular weight excluding hydrogens is 290 g/mol. The number of aromatic amines is 1. The van der Waals surface area contributed by atoms with Crippen LogP contribution in [0.25, 0.3) is 10.9 Å². The van der Waals surface area contributed by atoms with Crippen molar-refractivity contribution in [2.75, 3.05) is 0 Å². The summed E-state index contributed by atoms with van der Waals surface area (Å²) in [4.78, 5) is 4.38.